The molecule has 0 aliphatic carbocycles. The number of aliphatic carboxylic acids is 1. The largest absolute Gasteiger partial charge is 0.508 e. The third kappa shape index (κ3) is 6.06. The molecule has 0 saturated heterocycles. The Morgan fingerprint density at radius 2 is 0.657 bits per heavy atom. The Kier molecular flexibility index (Phi) is 9.11. The maximum atomic E-state index is 13.0. The molecule has 10 aromatic rings. The zero-order valence-corrected chi connectivity index (χ0v) is 36.8. The number of carboxylic acid groups (broad SMARTS) is 1. The van der Waals surface area contributed by atoms with Crippen molar-refractivity contribution in [1.82, 2.24) is 0 Å². The van der Waals surface area contributed by atoms with Crippen LogP contribution in [0.15, 0.2) is 170 Å². The van der Waals surface area contributed by atoms with Crippen LogP contribution in [0.2, 0.25) is 0 Å². The molecule has 5 N–H and O–H groups in total. The molecule has 12 nitrogen and oxygen atoms in total. The molecular weight excluding hydrogens is 889 g/mol. The van der Waals surface area contributed by atoms with Crippen LogP contribution in [0.5, 0.6) is 46.0 Å². The Bertz CT molecular complexity index is 3510. The first-order valence-corrected chi connectivity index (χ1v) is 22.1. The van der Waals surface area contributed by atoms with Crippen LogP contribution in [-0.4, -0.2) is 43.4 Å². The van der Waals surface area contributed by atoms with Gasteiger partial charge in [-0.25, -0.2) is 9.59 Å². The van der Waals surface area contributed by atoms with Crippen LogP contribution in [0.3, 0.4) is 0 Å². The van der Waals surface area contributed by atoms with Gasteiger partial charge in [0.15, 0.2) is 11.2 Å². The van der Waals surface area contributed by atoms with Crippen LogP contribution >= 0.6 is 0 Å². The maximum Gasteiger partial charge on any atom is 0.340 e. The van der Waals surface area contributed by atoms with E-state index in [1.165, 1.54) is 0 Å². The van der Waals surface area contributed by atoms with Gasteiger partial charge in [-0.2, -0.15) is 0 Å². The summed E-state index contributed by atoms with van der Waals surface area (Å²) in [7, 11) is 0. The van der Waals surface area contributed by atoms with Gasteiger partial charge in [-0.1, -0.05) is 60.7 Å². The molecule has 0 bridgehead atoms. The molecule has 70 heavy (non-hydrogen) atoms. The van der Waals surface area contributed by atoms with E-state index in [4.69, 9.17) is 28.8 Å². The molecule has 340 valence electrons. The van der Waals surface area contributed by atoms with E-state index in [1.807, 2.05) is 109 Å². The van der Waals surface area contributed by atoms with Gasteiger partial charge < -0.3 is 44.5 Å². The standard InChI is InChI=1S/2C28H16O5.C2H4O2/c2*29-17-7-9-19-15(13-17)5-11-23-25(19)32-26-20-10-8-18(30)14-16(20)6-12-24(26)28(23)22-4-2-1-3-21(22)27(31)33-28;1-2(3)4/h2*1-14,29-30H;1H3,(H,3,4). The fourth-order valence-electron chi connectivity index (χ4n) is 10.4. The minimum absolute atomic E-state index is 0.159. The number of fused-ring (bicyclic) bond motifs is 20. The monoisotopic (exact) mass is 924 g/mol. The Morgan fingerprint density at radius 1 is 0.386 bits per heavy atom. The van der Waals surface area contributed by atoms with Gasteiger partial charge >= 0.3 is 11.9 Å². The second kappa shape index (κ2) is 15.2. The van der Waals surface area contributed by atoms with Crippen LogP contribution in [0, 0.1) is 0 Å². The van der Waals surface area contributed by atoms with Crippen molar-refractivity contribution in [2.75, 3.05) is 0 Å². The zero-order valence-electron chi connectivity index (χ0n) is 36.8. The summed E-state index contributed by atoms with van der Waals surface area (Å²) in [6.07, 6.45) is 0. The molecule has 0 fully saturated rings. The Balaban J connectivity index is 0.000000134. The number of phenols is 4. The molecule has 2 spiro atoms. The van der Waals surface area contributed by atoms with Crippen LogP contribution in [0.25, 0.3) is 43.1 Å². The Labute approximate surface area is 397 Å². The molecule has 0 unspecified atom stereocenters. The van der Waals surface area contributed by atoms with Crippen molar-refractivity contribution >= 4 is 61.0 Å². The highest BCUT2D eigenvalue weighted by Crippen LogP contribution is 2.61. The number of aromatic hydroxyl groups is 4. The maximum absolute atomic E-state index is 13.0. The summed E-state index contributed by atoms with van der Waals surface area (Å²) >= 11 is 0. The van der Waals surface area contributed by atoms with E-state index in [1.54, 1.807) is 60.7 Å². The molecule has 12 heteroatoms. The summed E-state index contributed by atoms with van der Waals surface area (Å²) in [4.78, 5) is 35.1. The number of carboxylic acids is 1. The number of hydrogen-bond donors (Lipinski definition) is 5. The molecule has 0 atom stereocenters. The highest BCUT2D eigenvalue weighted by molar-refractivity contribution is 6.03. The molecule has 0 saturated carbocycles. The van der Waals surface area contributed by atoms with Crippen LogP contribution in [0.1, 0.15) is 61.0 Å². The van der Waals surface area contributed by atoms with Crippen molar-refractivity contribution in [2.45, 2.75) is 18.1 Å². The van der Waals surface area contributed by atoms with Crippen molar-refractivity contribution in [3.8, 4) is 46.0 Å². The van der Waals surface area contributed by atoms with E-state index in [0.29, 0.717) is 34.1 Å². The number of phenolic OH excluding ortho intramolecular Hbond substituents is 4. The molecular formula is C58H36O12. The first kappa shape index (κ1) is 41.9. The number of hydrogen-bond acceptors (Lipinski definition) is 11. The van der Waals surface area contributed by atoms with E-state index in [-0.39, 0.29) is 34.9 Å². The van der Waals surface area contributed by atoms with Crippen molar-refractivity contribution in [3.63, 3.8) is 0 Å². The summed E-state index contributed by atoms with van der Waals surface area (Å²) in [6.45, 7) is 1.08. The van der Waals surface area contributed by atoms with Gasteiger partial charge in [-0.15, -0.1) is 0 Å². The van der Waals surface area contributed by atoms with Crippen LogP contribution in [-0.2, 0) is 25.5 Å². The van der Waals surface area contributed by atoms with Crippen molar-refractivity contribution < 1.29 is 58.9 Å². The number of carbonyl (C=O) groups is 3. The summed E-state index contributed by atoms with van der Waals surface area (Å²) in [6, 6.07) is 50.4. The minimum Gasteiger partial charge on any atom is -0.508 e. The fraction of sp³-hybridized carbons (Fsp3) is 0.0517. The average molecular weight is 925 g/mol. The fourth-order valence-corrected chi connectivity index (χ4v) is 10.4. The highest BCUT2D eigenvalue weighted by Gasteiger charge is 2.55. The molecule has 4 heterocycles. The summed E-state index contributed by atoms with van der Waals surface area (Å²) in [5.41, 5.74) is 3.13. The second-order valence-electron chi connectivity index (χ2n) is 17.3. The van der Waals surface area contributed by atoms with Gasteiger partial charge in [0.05, 0.1) is 11.1 Å². The minimum atomic E-state index is -1.17. The topological polar surface area (TPSA) is 189 Å². The predicted octanol–water partition coefficient (Wildman–Crippen LogP) is 12.0. The number of esters is 2. The van der Waals surface area contributed by atoms with Crippen LogP contribution < -0.4 is 9.47 Å². The normalized spacial score (nSPS) is 14.6. The third-order valence-corrected chi connectivity index (χ3v) is 13.3. The van der Waals surface area contributed by atoms with E-state index < -0.39 is 17.2 Å². The van der Waals surface area contributed by atoms with Gasteiger partial charge in [0.2, 0.25) is 0 Å². The SMILES string of the molecule is CC(=O)O.O=C1OC2(c3ccccc31)c1ccc3cc(O)ccc3c1Oc1c2ccc2cc(O)ccc12.O=C1OC2(c3ccccc31)c1ccc3cc(O)ccc3c1Oc1c2ccc2cc(O)ccc12. The lowest BCUT2D eigenvalue weighted by Crippen LogP contribution is -2.33. The lowest BCUT2D eigenvalue weighted by Gasteiger charge is -2.37. The highest BCUT2D eigenvalue weighted by atomic mass is 16.6. The van der Waals surface area contributed by atoms with Gasteiger partial charge in [-0.3, -0.25) is 4.79 Å². The van der Waals surface area contributed by atoms with Crippen molar-refractivity contribution in [2.24, 2.45) is 0 Å². The molecule has 0 radical (unpaired) electrons. The first-order chi connectivity index (χ1) is 33.8. The molecule has 4 aliphatic rings. The molecule has 4 aliphatic heterocycles. The number of benzene rings is 10. The van der Waals surface area contributed by atoms with Crippen molar-refractivity contribution in [3.05, 3.63) is 214 Å². The van der Waals surface area contributed by atoms with Gasteiger partial charge in [0, 0.05) is 61.8 Å². The summed E-state index contributed by atoms with van der Waals surface area (Å²) < 4.78 is 25.6. The summed E-state index contributed by atoms with van der Waals surface area (Å²) in [5, 5.41) is 53.8. The summed E-state index contributed by atoms with van der Waals surface area (Å²) in [5.74, 6) is 1.32. The Hall–Kier alpha value is -9.55. The van der Waals surface area contributed by atoms with Gasteiger partial charge in [-0.05, 0) is 131 Å². The quantitative estimate of drug-likeness (QED) is 0.0907. The molecule has 10 aromatic carbocycles. The van der Waals surface area contributed by atoms with E-state index in [0.717, 1.165) is 83.4 Å². The lowest BCUT2D eigenvalue weighted by molar-refractivity contribution is -0.134. The number of carbonyl (C=O) groups excluding carboxylic acids is 2. The Morgan fingerprint density at radius 3 is 0.943 bits per heavy atom. The predicted molar refractivity (Wildman–Crippen MR) is 259 cm³/mol. The van der Waals surface area contributed by atoms with E-state index in [2.05, 4.69) is 0 Å². The number of rotatable bonds is 0. The van der Waals surface area contributed by atoms with Crippen molar-refractivity contribution in [1.29, 1.82) is 0 Å². The lowest BCUT2D eigenvalue weighted by atomic mass is 9.76. The smallest absolute Gasteiger partial charge is 0.340 e. The molecule has 14 rings (SSSR count). The number of ether oxygens (including phenoxy) is 4. The average Bonchev–Trinajstić information content (AvgIpc) is 3.81. The third-order valence-electron chi connectivity index (χ3n) is 13.3. The van der Waals surface area contributed by atoms with E-state index in [9.17, 15) is 30.0 Å². The second-order valence-corrected chi connectivity index (χ2v) is 17.3. The molecule has 0 aromatic heterocycles. The van der Waals surface area contributed by atoms with Crippen LogP contribution in [0.4, 0.5) is 0 Å². The first-order valence-electron chi connectivity index (χ1n) is 22.1. The zero-order chi connectivity index (χ0) is 48.2. The molecule has 0 amide bonds. The van der Waals surface area contributed by atoms with Gasteiger partial charge in [0.1, 0.15) is 46.0 Å². The van der Waals surface area contributed by atoms with Gasteiger partial charge in [0.25, 0.3) is 5.97 Å². The van der Waals surface area contributed by atoms with E-state index >= 15 is 0 Å².